The van der Waals surface area contributed by atoms with Gasteiger partial charge in [-0.2, -0.15) is 0 Å². The van der Waals surface area contributed by atoms with Gasteiger partial charge in [0.25, 0.3) is 5.91 Å². The van der Waals surface area contributed by atoms with Crippen molar-refractivity contribution in [1.29, 1.82) is 0 Å². The number of hydrogen-bond acceptors (Lipinski definition) is 10. The third-order valence-corrected chi connectivity index (χ3v) is 9.11. The Morgan fingerprint density at radius 1 is 1.25 bits per heavy atom. The molecule has 1 saturated heterocycles. The number of rotatable bonds is 10. The normalized spacial score (nSPS) is 19.1. The number of carboxylic acid groups (broad SMARTS) is 1. The first-order valence-corrected chi connectivity index (χ1v) is 14.5. The van der Waals surface area contributed by atoms with Crippen LogP contribution in [-0.4, -0.2) is 76.0 Å². The van der Waals surface area contributed by atoms with Crippen molar-refractivity contribution in [1.82, 2.24) is 35.7 Å². The lowest BCUT2D eigenvalue weighted by molar-refractivity contribution is -0.151. The van der Waals surface area contributed by atoms with Crippen LogP contribution in [0.25, 0.3) is 0 Å². The van der Waals surface area contributed by atoms with E-state index >= 15 is 0 Å². The fourth-order valence-electron chi connectivity index (χ4n) is 4.44. The van der Waals surface area contributed by atoms with Gasteiger partial charge in [-0.1, -0.05) is 53.7 Å². The standard InChI is InChI=1S/C25H24ClN7O5S2/c1-32-25(29-30-31-32)40-12-15-11-39-23-19(22(36)33(23)20(15)24(37)38)28-21(35)18(13-5-3-2-4-6-13)27-10-14-9-16(26)7-8-17(14)34/h2-9,18-19,23,27,34H,10-12H2,1H3,(H,28,35)(H,37,38)/t18-,19?,23-/m0/s1. The Kier molecular flexibility index (Phi) is 8.30. The van der Waals surface area contributed by atoms with Gasteiger partial charge in [-0.15, -0.1) is 16.9 Å². The average Bonchev–Trinajstić information content (AvgIpc) is 3.36. The van der Waals surface area contributed by atoms with Crippen LogP contribution in [0.1, 0.15) is 17.2 Å². The van der Waals surface area contributed by atoms with Crippen molar-refractivity contribution in [3.63, 3.8) is 0 Å². The van der Waals surface area contributed by atoms with Crippen LogP contribution < -0.4 is 10.6 Å². The summed E-state index contributed by atoms with van der Waals surface area (Å²) in [6, 6.07) is 11.9. The molecule has 3 heterocycles. The Balaban J connectivity index is 1.30. The van der Waals surface area contributed by atoms with E-state index in [-0.39, 0.29) is 18.0 Å². The molecule has 0 radical (unpaired) electrons. The number of carboxylic acids is 1. The summed E-state index contributed by atoms with van der Waals surface area (Å²) >= 11 is 8.73. The lowest BCUT2D eigenvalue weighted by atomic mass is 10.0. The van der Waals surface area contributed by atoms with Gasteiger partial charge in [0.2, 0.25) is 11.1 Å². The number of β-lactam (4-membered cyclic amide) rings is 1. The first-order chi connectivity index (χ1) is 19.2. The predicted octanol–water partition coefficient (Wildman–Crippen LogP) is 1.93. The number of amides is 2. The van der Waals surface area contributed by atoms with Gasteiger partial charge >= 0.3 is 5.97 Å². The van der Waals surface area contributed by atoms with Gasteiger partial charge in [0.15, 0.2) is 0 Å². The summed E-state index contributed by atoms with van der Waals surface area (Å²) in [7, 11) is 1.68. The van der Waals surface area contributed by atoms with Crippen LogP contribution in [0.5, 0.6) is 5.75 Å². The number of carbonyl (C=O) groups excluding carboxylic acids is 2. The summed E-state index contributed by atoms with van der Waals surface area (Å²) in [6.07, 6.45) is 0. The van der Waals surface area contributed by atoms with Crippen LogP contribution in [0.4, 0.5) is 0 Å². The molecule has 0 aliphatic carbocycles. The first kappa shape index (κ1) is 28.0. The zero-order valence-corrected chi connectivity index (χ0v) is 23.4. The number of carbonyl (C=O) groups is 3. The molecule has 3 atom stereocenters. The van der Waals surface area contributed by atoms with Crippen molar-refractivity contribution in [3.8, 4) is 5.75 Å². The fourth-order valence-corrected chi connectivity index (χ4v) is 6.97. The van der Waals surface area contributed by atoms with Crippen molar-refractivity contribution < 1.29 is 24.6 Å². The Morgan fingerprint density at radius 2 is 2.02 bits per heavy atom. The second-order valence-corrected chi connectivity index (χ2v) is 11.5. The highest BCUT2D eigenvalue weighted by molar-refractivity contribution is 8.01. The zero-order chi connectivity index (χ0) is 28.4. The van der Waals surface area contributed by atoms with Crippen molar-refractivity contribution in [2.75, 3.05) is 11.5 Å². The van der Waals surface area contributed by atoms with Gasteiger partial charge in [-0.05, 0) is 39.8 Å². The van der Waals surface area contributed by atoms with Crippen molar-refractivity contribution in [2.24, 2.45) is 7.05 Å². The summed E-state index contributed by atoms with van der Waals surface area (Å²) < 4.78 is 1.48. The largest absolute Gasteiger partial charge is 0.508 e. The minimum Gasteiger partial charge on any atom is -0.508 e. The van der Waals surface area contributed by atoms with E-state index in [1.807, 2.05) is 6.07 Å². The molecule has 1 fully saturated rings. The van der Waals surface area contributed by atoms with Crippen molar-refractivity contribution in [3.05, 3.63) is 76.0 Å². The number of benzene rings is 2. The number of thioether (sulfide) groups is 2. The van der Waals surface area contributed by atoms with E-state index in [1.54, 1.807) is 43.4 Å². The van der Waals surface area contributed by atoms with Crippen molar-refractivity contribution >= 4 is 52.9 Å². The molecule has 15 heteroatoms. The van der Waals surface area contributed by atoms with Gasteiger partial charge < -0.3 is 15.5 Å². The molecule has 2 aliphatic heterocycles. The van der Waals surface area contributed by atoms with Gasteiger partial charge in [-0.25, -0.2) is 9.48 Å². The third-order valence-electron chi connectivity index (χ3n) is 6.44. The molecule has 2 amide bonds. The van der Waals surface area contributed by atoms with Crippen LogP contribution in [0.2, 0.25) is 5.02 Å². The number of phenols is 1. The highest BCUT2D eigenvalue weighted by Crippen LogP contribution is 2.41. The second-order valence-electron chi connectivity index (χ2n) is 9.02. The first-order valence-electron chi connectivity index (χ1n) is 12.1. The molecular weight excluding hydrogens is 578 g/mol. The zero-order valence-electron chi connectivity index (χ0n) is 21.0. The Morgan fingerprint density at radius 3 is 2.73 bits per heavy atom. The number of aromatic nitrogens is 4. The molecular formula is C25H24ClN7O5S2. The monoisotopic (exact) mass is 601 g/mol. The number of aromatic hydroxyl groups is 1. The summed E-state index contributed by atoms with van der Waals surface area (Å²) in [4.78, 5) is 40.1. The van der Waals surface area contributed by atoms with Gasteiger partial charge in [0.1, 0.15) is 28.9 Å². The Bertz CT molecular complexity index is 1490. The number of nitrogens with one attached hydrogen (secondary N) is 2. The molecule has 0 bridgehead atoms. The van der Waals surface area contributed by atoms with Gasteiger partial charge in [-0.3, -0.25) is 19.8 Å². The highest BCUT2D eigenvalue weighted by Gasteiger charge is 2.54. The topological polar surface area (TPSA) is 163 Å². The molecule has 4 N–H and O–H groups in total. The van der Waals surface area contributed by atoms with E-state index in [0.29, 0.717) is 38.4 Å². The third kappa shape index (κ3) is 5.66. The molecule has 0 saturated carbocycles. The lowest BCUT2D eigenvalue weighted by Gasteiger charge is -2.49. The maximum Gasteiger partial charge on any atom is 0.352 e. The van der Waals surface area contributed by atoms with E-state index in [1.165, 1.54) is 39.2 Å². The number of halogens is 1. The van der Waals surface area contributed by atoms with Gasteiger partial charge in [0, 0.05) is 35.7 Å². The predicted molar refractivity (Wildman–Crippen MR) is 148 cm³/mol. The van der Waals surface area contributed by atoms with Crippen molar-refractivity contribution in [2.45, 2.75) is 29.2 Å². The van der Waals surface area contributed by atoms with Crippen LogP contribution in [-0.2, 0) is 28.0 Å². The lowest BCUT2D eigenvalue weighted by Crippen LogP contribution is -2.71. The molecule has 208 valence electrons. The van der Waals surface area contributed by atoms with Gasteiger partial charge in [0.05, 0.1) is 0 Å². The maximum absolute atomic E-state index is 13.5. The summed E-state index contributed by atoms with van der Waals surface area (Å²) in [5.74, 6) is -1.46. The van der Waals surface area contributed by atoms with Crippen LogP contribution in [0, 0.1) is 0 Å². The molecule has 0 spiro atoms. The highest BCUT2D eigenvalue weighted by atomic mass is 35.5. The number of hydrogen-bond donors (Lipinski definition) is 4. The van der Waals surface area contributed by atoms with E-state index in [0.717, 1.165) is 0 Å². The molecule has 12 nitrogen and oxygen atoms in total. The minimum atomic E-state index is -1.21. The Labute approximate surface area is 242 Å². The number of fused-ring (bicyclic) bond motifs is 1. The van der Waals surface area contributed by atoms with E-state index in [9.17, 15) is 24.6 Å². The van der Waals surface area contributed by atoms with E-state index < -0.39 is 35.2 Å². The summed E-state index contributed by atoms with van der Waals surface area (Å²) in [6.45, 7) is 0.135. The smallest absolute Gasteiger partial charge is 0.352 e. The molecule has 1 aromatic heterocycles. The minimum absolute atomic E-state index is 0.0323. The summed E-state index contributed by atoms with van der Waals surface area (Å²) in [5, 5.41) is 37.7. The van der Waals surface area contributed by atoms with E-state index in [2.05, 4.69) is 26.2 Å². The number of aliphatic carboxylic acids is 1. The Hall–Kier alpha value is -3.59. The molecule has 40 heavy (non-hydrogen) atoms. The molecule has 5 rings (SSSR count). The second kappa shape index (κ2) is 11.9. The van der Waals surface area contributed by atoms with Crippen LogP contribution >= 0.6 is 35.1 Å². The number of phenolic OH excluding ortho intramolecular Hbond substituents is 1. The molecule has 3 aromatic rings. The number of aryl methyl sites for hydroxylation is 1. The van der Waals surface area contributed by atoms with E-state index in [4.69, 9.17) is 11.6 Å². The number of nitrogens with zero attached hydrogens (tertiary/aromatic N) is 5. The van der Waals surface area contributed by atoms with Crippen LogP contribution in [0.15, 0.2) is 65.0 Å². The molecule has 1 unspecified atom stereocenters. The summed E-state index contributed by atoms with van der Waals surface area (Å²) in [5.41, 5.74) is 1.67. The molecule has 2 aliphatic rings. The fraction of sp³-hybridized carbons (Fsp3) is 0.280. The quantitative estimate of drug-likeness (QED) is 0.198. The van der Waals surface area contributed by atoms with Crippen LogP contribution in [0.3, 0.4) is 0 Å². The average molecular weight is 602 g/mol. The number of tetrazole rings is 1. The maximum atomic E-state index is 13.5. The SMILES string of the molecule is Cn1nnnc1SCC1=C(C(=O)O)N2C(=O)C(NC(=O)[C@@H](NCc3cc(Cl)ccc3O)c3ccccc3)[C@@H]2SC1. The molecule has 2 aromatic carbocycles.